The van der Waals surface area contributed by atoms with E-state index in [0.717, 1.165) is 55.2 Å². The molecule has 0 aromatic heterocycles. The summed E-state index contributed by atoms with van der Waals surface area (Å²) in [6.07, 6.45) is 2.36. The Kier molecular flexibility index (Phi) is 7.97. The van der Waals surface area contributed by atoms with Crippen LogP contribution in [0.2, 0.25) is 0 Å². The molecule has 0 aliphatic carbocycles. The molecule has 2 aromatic rings. The maximum absolute atomic E-state index is 13.6. The first-order valence-electron chi connectivity index (χ1n) is 11.2. The Morgan fingerprint density at radius 3 is 2.48 bits per heavy atom. The van der Waals surface area contributed by atoms with Gasteiger partial charge in [0.15, 0.2) is 0 Å². The zero-order chi connectivity index (χ0) is 22.4. The van der Waals surface area contributed by atoms with Crippen LogP contribution >= 0.6 is 0 Å². The lowest BCUT2D eigenvalue weighted by Crippen LogP contribution is -2.45. The van der Waals surface area contributed by atoms with Gasteiger partial charge in [0.25, 0.3) is 0 Å². The molecule has 1 saturated heterocycles. The second-order valence-electron chi connectivity index (χ2n) is 8.84. The van der Waals surface area contributed by atoms with Crippen molar-refractivity contribution in [2.24, 2.45) is 0 Å². The third kappa shape index (κ3) is 6.73. The molecule has 0 saturated carbocycles. The Bertz CT molecular complexity index is 857. The Morgan fingerprint density at radius 2 is 1.87 bits per heavy atom. The van der Waals surface area contributed by atoms with E-state index in [4.69, 9.17) is 4.74 Å². The van der Waals surface area contributed by atoms with Gasteiger partial charge in [0.2, 0.25) is 0 Å². The molecular weight excluding hydrogens is 389 g/mol. The fraction of sp³-hybridized carbons (Fsp3) is 0.462. The lowest BCUT2D eigenvalue weighted by atomic mass is 10.0. The second-order valence-corrected chi connectivity index (χ2v) is 8.84. The highest BCUT2D eigenvalue weighted by Gasteiger charge is 2.24. The van der Waals surface area contributed by atoms with E-state index < -0.39 is 0 Å². The molecule has 5 heteroatoms. The summed E-state index contributed by atoms with van der Waals surface area (Å²) in [5, 5.41) is 3.52. The summed E-state index contributed by atoms with van der Waals surface area (Å²) in [7, 11) is 2.17. The van der Waals surface area contributed by atoms with Crippen molar-refractivity contribution in [3.8, 4) is 5.75 Å². The monoisotopic (exact) mass is 425 g/mol. The van der Waals surface area contributed by atoms with Crippen molar-refractivity contribution in [2.75, 3.05) is 20.1 Å². The van der Waals surface area contributed by atoms with E-state index in [1.807, 2.05) is 39.0 Å². The molecule has 1 heterocycles. The predicted octanol–water partition coefficient (Wildman–Crippen LogP) is 5.08. The van der Waals surface area contributed by atoms with Crippen molar-refractivity contribution < 1.29 is 9.13 Å². The van der Waals surface area contributed by atoms with Gasteiger partial charge in [0.1, 0.15) is 11.6 Å². The van der Waals surface area contributed by atoms with Gasteiger partial charge in [0, 0.05) is 19.1 Å². The topological polar surface area (TPSA) is 27.7 Å². The SMILES string of the molecule is C=C(NCc1ccc(OC(C)C)cc1)N(Cc1ccc(F)cc1C)C1CCN(C)CC1. The smallest absolute Gasteiger partial charge is 0.123 e. The number of benzene rings is 2. The molecule has 0 atom stereocenters. The van der Waals surface area contributed by atoms with Crippen molar-refractivity contribution in [3.05, 3.63) is 77.4 Å². The van der Waals surface area contributed by atoms with Gasteiger partial charge < -0.3 is 19.9 Å². The van der Waals surface area contributed by atoms with E-state index in [1.165, 1.54) is 5.56 Å². The minimum absolute atomic E-state index is 0.168. The van der Waals surface area contributed by atoms with Crippen LogP contribution < -0.4 is 10.1 Å². The van der Waals surface area contributed by atoms with Crippen LogP contribution in [0.5, 0.6) is 5.75 Å². The van der Waals surface area contributed by atoms with Gasteiger partial charge in [-0.15, -0.1) is 0 Å². The van der Waals surface area contributed by atoms with Crippen LogP contribution in [0.1, 0.15) is 43.4 Å². The number of ether oxygens (including phenoxy) is 1. The van der Waals surface area contributed by atoms with Gasteiger partial charge in [-0.05, 0) is 94.7 Å². The number of halogens is 1. The Labute approximate surface area is 186 Å². The fourth-order valence-corrected chi connectivity index (χ4v) is 4.04. The molecule has 0 bridgehead atoms. The number of hydrogen-bond donors (Lipinski definition) is 1. The molecule has 2 aromatic carbocycles. The predicted molar refractivity (Wildman–Crippen MR) is 125 cm³/mol. The molecular formula is C26H36FN3O. The first-order chi connectivity index (χ1) is 14.8. The molecule has 168 valence electrons. The average Bonchev–Trinajstić information content (AvgIpc) is 2.73. The summed E-state index contributed by atoms with van der Waals surface area (Å²) in [5.41, 5.74) is 3.29. The highest BCUT2D eigenvalue weighted by molar-refractivity contribution is 5.28. The highest BCUT2D eigenvalue weighted by Crippen LogP contribution is 2.23. The lowest BCUT2D eigenvalue weighted by molar-refractivity contribution is 0.137. The first-order valence-corrected chi connectivity index (χ1v) is 11.2. The minimum atomic E-state index is -0.186. The van der Waals surface area contributed by atoms with Crippen molar-refractivity contribution in [1.29, 1.82) is 0 Å². The number of aryl methyl sites for hydroxylation is 1. The Balaban J connectivity index is 1.68. The zero-order valence-electron chi connectivity index (χ0n) is 19.3. The van der Waals surface area contributed by atoms with Crippen molar-refractivity contribution >= 4 is 0 Å². The lowest BCUT2D eigenvalue weighted by Gasteiger charge is -2.40. The number of piperidine rings is 1. The van der Waals surface area contributed by atoms with Crippen LogP contribution in [0.4, 0.5) is 4.39 Å². The summed E-state index contributed by atoms with van der Waals surface area (Å²) in [6.45, 7) is 14.0. The van der Waals surface area contributed by atoms with Gasteiger partial charge in [-0.2, -0.15) is 0 Å². The largest absolute Gasteiger partial charge is 0.491 e. The molecule has 1 fully saturated rings. The molecule has 0 radical (unpaired) electrons. The number of hydrogen-bond acceptors (Lipinski definition) is 4. The van der Waals surface area contributed by atoms with Crippen molar-refractivity contribution in [2.45, 2.75) is 58.8 Å². The van der Waals surface area contributed by atoms with E-state index >= 15 is 0 Å². The van der Waals surface area contributed by atoms with E-state index in [9.17, 15) is 4.39 Å². The molecule has 0 amide bonds. The van der Waals surface area contributed by atoms with Crippen LogP contribution in [0.25, 0.3) is 0 Å². The van der Waals surface area contributed by atoms with Crippen LogP contribution in [0.3, 0.4) is 0 Å². The highest BCUT2D eigenvalue weighted by atomic mass is 19.1. The molecule has 1 N–H and O–H groups in total. The van der Waals surface area contributed by atoms with Crippen LogP contribution in [0.15, 0.2) is 54.9 Å². The van der Waals surface area contributed by atoms with Crippen molar-refractivity contribution in [1.82, 2.24) is 15.1 Å². The molecule has 4 nitrogen and oxygen atoms in total. The molecule has 0 unspecified atom stereocenters. The van der Waals surface area contributed by atoms with E-state index in [0.29, 0.717) is 12.6 Å². The number of likely N-dealkylation sites (tertiary alicyclic amines) is 1. The van der Waals surface area contributed by atoms with Crippen LogP contribution in [-0.2, 0) is 13.1 Å². The van der Waals surface area contributed by atoms with Crippen molar-refractivity contribution in [3.63, 3.8) is 0 Å². The van der Waals surface area contributed by atoms with E-state index in [-0.39, 0.29) is 11.9 Å². The average molecular weight is 426 g/mol. The second kappa shape index (κ2) is 10.7. The molecule has 3 rings (SSSR count). The summed E-state index contributed by atoms with van der Waals surface area (Å²) in [5.74, 6) is 1.62. The minimum Gasteiger partial charge on any atom is -0.491 e. The van der Waals surface area contributed by atoms with Gasteiger partial charge in [-0.25, -0.2) is 4.39 Å². The first kappa shape index (κ1) is 23.1. The summed E-state index contributed by atoms with van der Waals surface area (Å²) < 4.78 is 19.3. The van der Waals surface area contributed by atoms with Gasteiger partial charge in [-0.3, -0.25) is 0 Å². The number of rotatable bonds is 9. The molecule has 1 aliphatic heterocycles. The summed E-state index contributed by atoms with van der Waals surface area (Å²) >= 11 is 0. The van der Waals surface area contributed by atoms with Gasteiger partial charge in [-0.1, -0.05) is 24.8 Å². The fourth-order valence-electron chi connectivity index (χ4n) is 4.04. The van der Waals surface area contributed by atoms with Gasteiger partial charge >= 0.3 is 0 Å². The number of nitrogens with zero attached hydrogens (tertiary/aromatic N) is 2. The van der Waals surface area contributed by atoms with E-state index in [2.05, 4.69) is 40.9 Å². The summed E-state index contributed by atoms with van der Waals surface area (Å²) in [4.78, 5) is 4.73. The molecule has 0 spiro atoms. The van der Waals surface area contributed by atoms with E-state index in [1.54, 1.807) is 12.1 Å². The maximum Gasteiger partial charge on any atom is 0.123 e. The molecule has 1 aliphatic rings. The third-order valence-corrected chi connectivity index (χ3v) is 5.91. The van der Waals surface area contributed by atoms with Crippen LogP contribution in [-0.4, -0.2) is 42.1 Å². The number of nitrogens with one attached hydrogen (secondary N) is 1. The Morgan fingerprint density at radius 1 is 1.19 bits per heavy atom. The maximum atomic E-state index is 13.6. The normalized spacial score (nSPS) is 15.2. The van der Waals surface area contributed by atoms with Gasteiger partial charge in [0.05, 0.1) is 11.9 Å². The molecule has 31 heavy (non-hydrogen) atoms. The summed E-state index contributed by atoms with van der Waals surface area (Å²) in [6, 6.07) is 13.7. The zero-order valence-corrected chi connectivity index (χ0v) is 19.3. The van der Waals surface area contributed by atoms with Crippen LogP contribution in [0, 0.1) is 12.7 Å². The Hall–Kier alpha value is -2.53. The quantitative estimate of drug-likeness (QED) is 0.606. The standard InChI is InChI=1S/C26H36FN3O/c1-19(2)31-26-10-6-22(7-11-26)17-28-21(4)30(25-12-14-29(5)15-13-25)18-23-8-9-24(27)16-20(23)3/h6-11,16,19,25,28H,4,12-15,17-18H2,1-3,5H3. The third-order valence-electron chi connectivity index (χ3n) is 5.91.